The Hall–Kier alpha value is -7.88. The van der Waals surface area contributed by atoms with Crippen molar-refractivity contribution in [2.24, 2.45) is 0 Å². The molecule has 0 aliphatic heterocycles. The van der Waals surface area contributed by atoms with Crippen LogP contribution in [0.1, 0.15) is 0 Å². The number of aromatic nitrogens is 3. The quantitative estimate of drug-likeness (QED) is 0.152. The van der Waals surface area contributed by atoms with Crippen molar-refractivity contribution in [3.63, 3.8) is 0 Å². The van der Waals surface area contributed by atoms with Crippen LogP contribution >= 0.6 is 0 Å². The summed E-state index contributed by atoms with van der Waals surface area (Å²) in [5, 5.41) is 4.95. The van der Waals surface area contributed by atoms with E-state index in [2.05, 4.69) is 211 Å². The van der Waals surface area contributed by atoms with Gasteiger partial charge >= 0.3 is 0 Å². The molecule has 0 radical (unpaired) electrons. The molecule has 0 saturated heterocycles. The van der Waals surface area contributed by atoms with Gasteiger partial charge < -0.3 is 0 Å². The molecule has 8 aromatic carbocycles. The molecule has 0 bridgehead atoms. The Morgan fingerprint density at radius 1 is 0.305 bits per heavy atom. The third kappa shape index (κ3) is 6.26. The molecule has 0 atom stereocenters. The van der Waals surface area contributed by atoms with Crippen LogP contribution in [-0.4, -0.2) is 14.4 Å². The smallest absolute Gasteiger partial charge is 0.137 e. The summed E-state index contributed by atoms with van der Waals surface area (Å²) >= 11 is 0. The lowest BCUT2D eigenvalue weighted by atomic mass is 9.88. The van der Waals surface area contributed by atoms with Crippen LogP contribution < -0.4 is 0 Å². The number of nitrogens with zero attached hydrogens (tertiary/aromatic N) is 3. The highest BCUT2D eigenvalue weighted by molar-refractivity contribution is 6.14. The normalized spacial score (nSPS) is 11.4. The first kappa shape index (κ1) is 34.4. The highest BCUT2D eigenvalue weighted by atomic mass is 15.0. The second kappa shape index (κ2) is 14.6. The van der Waals surface area contributed by atoms with E-state index in [1.807, 2.05) is 18.2 Å². The molecule has 11 aromatic rings. The van der Waals surface area contributed by atoms with Crippen molar-refractivity contribution in [2.75, 3.05) is 0 Å². The van der Waals surface area contributed by atoms with Gasteiger partial charge in [0.2, 0.25) is 0 Å². The minimum Gasteiger partial charge on any atom is -0.299 e. The van der Waals surface area contributed by atoms with Crippen molar-refractivity contribution < 1.29 is 0 Å². The summed E-state index contributed by atoms with van der Waals surface area (Å²) in [5.74, 6) is 0. The molecule has 0 N–H and O–H groups in total. The lowest BCUT2D eigenvalue weighted by Crippen LogP contribution is -1.94. The molecule has 0 aliphatic carbocycles. The van der Waals surface area contributed by atoms with E-state index in [4.69, 9.17) is 9.97 Å². The van der Waals surface area contributed by atoms with Gasteiger partial charge in [-0.1, -0.05) is 176 Å². The van der Waals surface area contributed by atoms with E-state index in [0.717, 1.165) is 78.5 Å². The number of rotatable bonds is 7. The largest absolute Gasteiger partial charge is 0.299 e. The van der Waals surface area contributed by atoms with Gasteiger partial charge in [0.15, 0.2) is 0 Å². The SMILES string of the molecule is c1ccc(-c2ccc(-c3cc(-c4ccc(-c5c(-c6ccccc6)nc6ccccn56)cc4)cc(-c4cc5ccccc5c5ccccc45)c3)c(-c3ccccc3)n2)cc1. The molecule has 3 nitrogen and oxygen atoms in total. The van der Waals surface area contributed by atoms with E-state index < -0.39 is 0 Å². The molecule has 3 heteroatoms. The maximum absolute atomic E-state index is 5.38. The van der Waals surface area contributed by atoms with Crippen molar-refractivity contribution in [3.8, 4) is 78.4 Å². The summed E-state index contributed by atoms with van der Waals surface area (Å²) in [6.45, 7) is 0. The summed E-state index contributed by atoms with van der Waals surface area (Å²) < 4.78 is 2.19. The van der Waals surface area contributed by atoms with E-state index in [1.54, 1.807) is 0 Å². The van der Waals surface area contributed by atoms with Crippen LogP contribution in [-0.2, 0) is 0 Å². The molecule has 0 aliphatic rings. The molecule has 0 unspecified atom stereocenters. The van der Waals surface area contributed by atoms with Crippen LogP contribution in [0.5, 0.6) is 0 Å². The third-order valence-corrected chi connectivity index (χ3v) is 11.4. The molecular formula is C56H37N3. The van der Waals surface area contributed by atoms with Gasteiger partial charge in [-0.05, 0) is 91.8 Å². The first-order chi connectivity index (χ1) is 29.2. The van der Waals surface area contributed by atoms with Crippen LogP contribution in [0.3, 0.4) is 0 Å². The fourth-order valence-corrected chi connectivity index (χ4v) is 8.57. The fraction of sp³-hybridized carbons (Fsp3) is 0. The van der Waals surface area contributed by atoms with Gasteiger partial charge in [-0.25, -0.2) is 9.97 Å². The topological polar surface area (TPSA) is 30.2 Å². The Labute approximate surface area is 343 Å². The molecule has 0 saturated carbocycles. The van der Waals surface area contributed by atoms with Gasteiger partial charge in [-0.2, -0.15) is 0 Å². The zero-order chi connectivity index (χ0) is 39.1. The first-order valence-electron chi connectivity index (χ1n) is 20.1. The van der Waals surface area contributed by atoms with Crippen LogP contribution in [0.4, 0.5) is 0 Å². The minimum absolute atomic E-state index is 0.923. The fourth-order valence-electron chi connectivity index (χ4n) is 8.57. The van der Waals surface area contributed by atoms with Gasteiger partial charge in [0, 0.05) is 34.0 Å². The predicted molar refractivity (Wildman–Crippen MR) is 246 cm³/mol. The van der Waals surface area contributed by atoms with Gasteiger partial charge in [0.05, 0.1) is 22.8 Å². The lowest BCUT2D eigenvalue weighted by Gasteiger charge is -2.17. The standard InChI is InChI=1S/C56H37N3/c1-4-16-39(17-5-1)52-32-31-48(54(57-52)40-18-6-2-7-19-40)45-34-44(35-46(36-45)51-37-43-22-10-11-23-47(43)49-24-12-13-25-50(49)51)38-27-29-42(30-28-38)56-55(41-20-8-3-9-21-41)58-53-26-14-15-33-59(53)56/h1-37H. The first-order valence-corrected chi connectivity index (χ1v) is 20.1. The average molecular weight is 752 g/mol. The maximum atomic E-state index is 5.38. The molecule has 0 fully saturated rings. The predicted octanol–water partition coefficient (Wildman–Crippen LogP) is 14.7. The number of hydrogen-bond acceptors (Lipinski definition) is 2. The monoisotopic (exact) mass is 751 g/mol. The van der Waals surface area contributed by atoms with E-state index >= 15 is 0 Å². The molecule has 276 valence electrons. The lowest BCUT2D eigenvalue weighted by molar-refractivity contribution is 1.19. The molecule has 11 rings (SSSR count). The van der Waals surface area contributed by atoms with Crippen molar-refractivity contribution >= 4 is 27.2 Å². The Bertz CT molecular complexity index is 3290. The number of fused-ring (bicyclic) bond motifs is 4. The highest BCUT2D eigenvalue weighted by Crippen LogP contribution is 2.42. The second-order valence-electron chi connectivity index (χ2n) is 15.0. The average Bonchev–Trinajstić information content (AvgIpc) is 3.72. The number of imidazole rings is 1. The van der Waals surface area contributed by atoms with Crippen LogP contribution in [0.15, 0.2) is 225 Å². The molecule has 3 heterocycles. The van der Waals surface area contributed by atoms with Crippen LogP contribution in [0.2, 0.25) is 0 Å². The zero-order valence-electron chi connectivity index (χ0n) is 32.2. The summed E-state index contributed by atoms with van der Waals surface area (Å²) in [6, 6.07) is 77.9. The van der Waals surface area contributed by atoms with Gasteiger partial charge in [-0.15, -0.1) is 0 Å². The molecule has 0 spiro atoms. The number of hydrogen-bond donors (Lipinski definition) is 0. The van der Waals surface area contributed by atoms with E-state index in [9.17, 15) is 0 Å². The third-order valence-electron chi connectivity index (χ3n) is 11.4. The Morgan fingerprint density at radius 2 is 0.864 bits per heavy atom. The molecular weight excluding hydrogens is 715 g/mol. The van der Waals surface area contributed by atoms with E-state index in [-0.39, 0.29) is 0 Å². The molecule has 0 amide bonds. The number of benzene rings is 8. The highest BCUT2D eigenvalue weighted by Gasteiger charge is 2.19. The van der Waals surface area contributed by atoms with Gasteiger partial charge in [0.25, 0.3) is 0 Å². The van der Waals surface area contributed by atoms with E-state index in [0.29, 0.717) is 0 Å². The Balaban J connectivity index is 1.12. The van der Waals surface area contributed by atoms with Crippen LogP contribution in [0, 0.1) is 0 Å². The second-order valence-corrected chi connectivity index (χ2v) is 15.0. The molecule has 3 aromatic heterocycles. The summed E-state index contributed by atoms with van der Waals surface area (Å²) in [5.41, 5.74) is 16.1. The van der Waals surface area contributed by atoms with Crippen molar-refractivity contribution in [1.82, 2.24) is 14.4 Å². The van der Waals surface area contributed by atoms with Gasteiger partial charge in [-0.3, -0.25) is 4.40 Å². The van der Waals surface area contributed by atoms with Crippen LogP contribution in [0.25, 0.3) is 106 Å². The van der Waals surface area contributed by atoms with Crippen molar-refractivity contribution in [1.29, 1.82) is 0 Å². The van der Waals surface area contributed by atoms with Gasteiger partial charge in [0.1, 0.15) is 5.65 Å². The summed E-state index contributed by atoms with van der Waals surface area (Å²) in [6.07, 6.45) is 2.10. The maximum Gasteiger partial charge on any atom is 0.137 e. The Morgan fingerprint density at radius 3 is 1.59 bits per heavy atom. The Kier molecular flexibility index (Phi) is 8.49. The van der Waals surface area contributed by atoms with E-state index in [1.165, 1.54) is 27.1 Å². The number of pyridine rings is 2. The van der Waals surface area contributed by atoms with Crippen molar-refractivity contribution in [3.05, 3.63) is 225 Å². The van der Waals surface area contributed by atoms with Crippen molar-refractivity contribution in [2.45, 2.75) is 0 Å². The summed E-state index contributed by atoms with van der Waals surface area (Å²) in [4.78, 5) is 10.5. The zero-order valence-corrected chi connectivity index (χ0v) is 32.2. The summed E-state index contributed by atoms with van der Waals surface area (Å²) in [7, 11) is 0. The minimum atomic E-state index is 0.923. The molecule has 59 heavy (non-hydrogen) atoms.